The van der Waals surface area contributed by atoms with Crippen molar-refractivity contribution in [1.82, 2.24) is 5.43 Å². The number of hydrogen-bond acceptors (Lipinski definition) is 2. The summed E-state index contributed by atoms with van der Waals surface area (Å²) in [6.45, 7) is 2.13. The zero-order valence-corrected chi connectivity index (χ0v) is 12.4. The SMILES string of the molecule is Cc1ccc(C(NN)C2C3CCc4ccccc4C32)cc1. The van der Waals surface area contributed by atoms with E-state index in [1.54, 1.807) is 11.1 Å². The molecule has 4 unspecified atom stereocenters. The average molecular weight is 278 g/mol. The van der Waals surface area contributed by atoms with Gasteiger partial charge in [0, 0.05) is 6.04 Å². The minimum atomic E-state index is 0.270. The van der Waals surface area contributed by atoms with Gasteiger partial charge in [0.1, 0.15) is 0 Å². The zero-order chi connectivity index (χ0) is 14.4. The molecule has 2 nitrogen and oxygen atoms in total. The number of nitrogens with two attached hydrogens (primary N) is 1. The Morgan fingerprint density at radius 3 is 2.62 bits per heavy atom. The molecular weight excluding hydrogens is 256 g/mol. The van der Waals surface area contributed by atoms with E-state index < -0.39 is 0 Å². The smallest absolute Gasteiger partial charge is 0.0496 e. The van der Waals surface area contributed by atoms with Crippen molar-refractivity contribution in [3.05, 3.63) is 70.8 Å². The standard InChI is InChI=1S/C19H22N2/c1-12-6-8-14(9-7-12)19(21-20)18-16-11-10-13-4-2-3-5-15(13)17(16)18/h2-9,16-19,21H,10-11,20H2,1H3. The molecule has 2 aliphatic carbocycles. The summed E-state index contributed by atoms with van der Waals surface area (Å²) in [5, 5.41) is 0. The Balaban J connectivity index is 1.64. The maximum atomic E-state index is 5.91. The summed E-state index contributed by atoms with van der Waals surface area (Å²) in [5.74, 6) is 8.03. The first-order valence-corrected chi connectivity index (χ1v) is 7.90. The van der Waals surface area contributed by atoms with Gasteiger partial charge in [-0.1, -0.05) is 54.1 Å². The number of aryl methyl sites for hydroxylation is 2. The van der Waals surface area contributed by atoms with Crippen LogP contribution in [0.1, 0.15) is 40.6 Å². The third kappa shape index (κ3) is 2.10. The normalized spacial score (nSPS) is 27.6. The van der Waals surface area contributed by atoms with E-state index in [4.69, 9.17) is 5.84 Å². The zero-order valence-electron chi connectivity index (χ0n) is 12.4. The molecule has 0 amide bonds. The van der Waals surface area contributed by atoms with E-state index >= 15 is 0 Å². The predicted octanol–water partition coefficient (Wildman–Crippen LogP) is 3.48. The Hall–Kier alpha value is -1.64. The number of rotatable bonds is 3. The van der Waals surface area contributed by atoms with Crippen molar-refractivity contribution in [2.75, 3.05) is 0 Å². The Bertz CT molecular complexity index is 647. The lowest BCUT2D eigenvalue weighted by Crippen LogP contribution is -2.30. The first-order valence-electron chi connectivity index (χ1n) is 7.90. The van der Waals surface area contributed by atoms with Crippen molar-refractivity contribution >= 4 is 0 Å². The highest BCUT2D eigenvalue weighted by Gasteiger charge is 2.56. The lowest BCUT2D eigenvalue weighted by atomic mass is 9.92. The maximum Gasteiger partial charge on any atom is 0.0496 e. The second kappa shape index (κ2) is 4.97. The Morgan fingerprint density at radius 1 is 1.10 bits per heavy atom. The number of hydrogen-bond donors (Lipinski definition) is 2. The van der Waals surface area contributed by atoms with Crippen LogP contribution in [0.25, 0.3) is 0 Å². The number of benzene rings is 2. The van der Waals surface area contributed by atoms with E-state index in [0.717, 1.165) is 5.92 Å². The van der Waals surface area contributed by atoms with E-state index in [2.05, 4.69) is 60.9 Å². The van der Waals surface area contributed by atoms with E-state index in [9.17, 15) is 0 Å². The van der Waals surface area contributed by atoms with Crippen LogP contribution < -0.4 is 11.3 Å². The quantitative estimate of drug-likeness (QED) is 0.666. The Kier molecular flexibility index (Phi) is 3.09. The summed E-state index contributed by atoms with van der Waals surface area (Å²) in [5.41, 5.74) is 8.81. The van der Waals surface area contributed by atoms with Gasteiger partial charge in [-0.15, -0.1) is 0 Å². The first-order chi connectivity index (χ1) is 10.3. The molecule has 0 aliphatic heterocycles. The van der Waals surface area contributed by atoms with Crippen LogP contribution in [-0.2, 0) is 6.42 Å². The monoisotopic (exact) mass is 278 g/mol. The van der Waals surface area contributed by atoms with Crippen molar-refractivity contribution in [2.24, 2.45) is 17.7 Å². The van der Waals surface area contributed by atoms with E-state index in [1.807, 2.05) is 0 Å². The highest BCUT2D eigenvalue weighted by Crippen LogP contribution is 2.64. The molecule has 0 radical (unpaired) electrons. The lowest BCUT2D eigenvalue weighted by Gasteiger charge is -2.17. The minimum Gasteiger partial charge on any atom is -0.271 e. The van der Waals surface area contributed by atoms with Crippen LogP contribution in [0.2, 0.25) is 0 Å². The predicted molar refractivity (Wildman–Crippen MR) is 85.7 cm³/mol. The Morgan fingerprint density at radius 2 is 1.86 bits per heavy atom. The van der Waals surface area contributed by atoms with Gasteiger partial charge in [0.05, 0.1) is 0 Å². The van der Waals surface area contributed by atoms with Gasteiger partial charge in [0.15, 0.2) is 0 Å². The largest absolute Gasteiger partial charge is 0.271 e. The highest BCUT2D eigenvalue weighted by molar-refractivity contribution is 5.41. The molecule has 4 rings (SSSR count). The molecule has 2 heteroatoms. The fourth-order valence-electron chi connectivity index (χ4n) is 4.28. The molecule has 0 saturated heterocycles. The van der Waals surface area contributed by atoms with Gasteiger partial charge in [0.25, 0.3) is 0 Å². The third-order valence-corrected chi connectivity index (χ3v) is 5.39. The van der Waals surface area contributed by atoms with Crippen LogP contribution in [0.3, 0.4) is 0 Å². The Labute approximate surface area is 126 Å². The first kappa shape index (κ1) is 13.1. The molecule has 2 aliphatic rings. The summed E-state index contributed by atoms with van der Waals surface area (Å²) < 4.78 is 0. The van der Waals surface area contributed by atoms with Crippen LogP contribution >= 0.6 is 0 Å². The third-order valence-electron chi connectivity index (χ3n) is 5.39. The van der Waals surface area contributed by atoms with Crippen molar-refractivity contribution in [3.8, 4) is 0 Å². The molecule has 0 aromatic heterocycles. The summed E-state index contributed by atoms with van der Waals surface area (Å²) in [7, 11) is 0. The van der Waals surface area contributed by atoms with Crippen molar-refractivity contribution < 1.29 is 0 Å². The molecule has 0 heterocycles. The van der Waals surface area contributed by atoms with Gasteiger partial charge < -0.3 is 0 Å². The van der Waals surface area contributed by atoms with Crippen LogP contribution in [0.15, 0.2) is 48.5 Å². The summed E-state index contributed by atoms with van der Waals surface area (Å²) in [6.07, 6.45) is 2.52. The fraction of sp³-hybridized carbons (Fsp3) is 0.368. The van der Waals surface area contributed by atoms with Gasteiger partial charge in [0.2, 0.25) is 0 Å². The van der Waals surface area contributed by atoms with Crippen molar-refractivity contribution in [2.45, 2.75) is 31.7 Å². The molecule has 2 aromatic carbocycles. The molecule has 1 saturated carbocycles. The summed E-state index contributed by atoms with van der Waals surface area (Å²) in [6, 6.07) is 18.0. The van der Waals surface area contributed by atoms with Crippen molar-refractivity contribution in [1.29, 1.82) is 0 Å². The van der Waals surface area contributed by atoms with E-state index in [1.165, 1.54) is 24.0 Å². The molecule has 0 bridgehead atoms. The molecule has 1 fully saturated rings. The molecule has 4 atom stereocenters. The molecule has 3 N–H and O–H groups in total. The maximum absolute atomic E-state index is 5.91. The molecule has 2 aromatic rings. The summed E-state index contributed by atoms with van der Waals surface area (Å²) in [4.78, 5) is 0. The highest BCUT2D eigenvalue weighted by atomic mass is 15.2. The van der Waals surface area contributed by atoms with Crippen LogP contribution in [0.4, 0.5) is 0 Å². The van der Waals surface area contributed by atoms with Gasteiger partial charge in [-0.3, -0.25) is 11.3 Å². The topological polar surface area (TPSA) is 38.0 Å². The number of nitrogens with one attached hydrogen (secondary N) is 1. The average Bonchev–Trinajstić information content (AvgIpc) is 3.25. The number of fused-ring (bicyclic) bond motifs is 3. The second-order valence-corrected chi connectivity index (χ2v) is 6.56. The van der Waals surface area contributed by atoms with Gasteiger partial charge in [-0.25, -0.2) is 0 Å². The van der Waals surface area contributed by atoms with Crippen LogP contribution in [0, 0.1) is 18.8 Å². The van der Waals surface area contributed by atoms with Crippen molar-refractivity contribution in [3.63, 3.8) is 0 Å². The lowest BCUT2D eigenvalue weighted by molar-refractivity contribution is 0.460. The molecular formula is C19H22N2. The van der Waals surface area contributed by atoms with E-state index in [-0.39, 0.29) is 6.04 Å². The fourth-order valence-corrected chi connectivity index (χ4v) is 4.28. The van der Waals surface area contributed by atoms with E-state index in [0.29, 0.717) is 11.8 Å². The second-order valence-electron chi connectivity index (χ2n) is 6.56. The van der Waals surface area contributed by atoms with Gasteiger partial charge in [-0.05, 0) is 54.2 Å². The van der Waals surface area contributed by atoms with Gasteiger partial charge in [-0.2, -0.15) is 0 Å². The minimum absolute atomic E-state index is 0.270. The van der Waals surface area contributed by atoms with Crippen LogP contribution in [0.5, 0.6) is 0 Å². The molecule has 0 spiro atoms. The summed E-state index contributed by atoms with van der Waals surface area (Å²) >= 11 is 0. The molecule has 108 valence electrons. The van der Waals surface area contributed by atoms with Gasteiger partial charge >= 0.3 is 0 Å². The molecule has 21 heavy (non-hydrogen) atoms. The number of hydrazine groups is 1. The van der Waals surface area contributed by atoms with Crippen LogP contribution in [-0.4, -0.2) is 0 Å².